The van der Waals surface area contributed by atoms with E-state index in [2.05, 4.69) is 32.0 Å². The van der Waals surface area contributed by atoms with E-state index < -0.39 is 0 Å². The topological polar surface area (TPSA) is 55.7 Å². The van der Waals surface area contributed by atoms with Gasteiger partial charge in [-0.15, -0.1) is 0 Å². The van der Waals surface area contributed by atoms with E-state index in [0.29, 0.717) is 4.60 Å². The fourth-order valence-corrected chi connectivity index (χ4v) is 1.68. The molecule has 1 rings (SSSR count). The molecule has 4 nitrogen and oxygen atoms in total. The minimum absolute atomic E-state index is 0.282. The highest BCUT2D eigenvalue weighted by Crippen LogP contribution is 2.23. The van der Waals surface area contributed by atoms with Gasteiger partial charge in [-0.3, -0.25) is 4.90 Å². The average molecular weight is 243 g/mol. The van der Waals surface area contributed by atoms with Gasteiger partial charge in [0.2, 0.25) is 0 Å². The Morgan fingerprint density at radius 2 is 2.23 bits per heavy atom. The summed E-state index contributed by atoms with van der Waals surface area (Å²) in [7, 11) is 3.72. The molecule has 0 aliphatic heterocycles. The highest BCUT2D eigenvalue weighted by Gasteiger charge is 2.18. The molecule has 0 saturated carbocycles. The molecule has 70 valence electrons. The number of halogens is 1. The number of nitrogens with zero attached hydrogens (tertiary/aromatic N) is 3. The van der Waals surface area contributed by atoms with Gasteiger partial charge in [0.15, 0.2) is 0 Å². The largest absolute Gasteiger partial charge is 0.343 e. The van der Waals surface area contributed by atoms with Crippen molar-refractivity contribution < 1.29 is 0 Å². The lowest BCUT2D eigenvalue weighted by atomic mass is 10.2. The molecular formula is C8H11BrN4. The molecule has 1 atom stereocenters. The van der Waals surface area contributed by atoms with Gasteiger partial charge in [0.25, 0.3) is 0 Å². The number of nitriles is 1. The predicted molar refractivity (Wildman–Crippen MR) is 53.1 cm³/mol. The zero-order chi connectivity index (χ0) is 10.0. The smallest absolute Gasteiger partial charge is 0.141 e. The molecule has 0 amide bonds. The summed E-state index contributed by atoms with van der Waals surface area (Å²) in [6.07, 6.45) is 0. The Hall–Kier alpha value is -0.860. The van der Waals surface area contributed by atoms with E-state index in [1.807, 2.05) is 25.9 Å². The number of aromatic amines is 1. The minimum atomic E-state index is -0.282. The van der Waals surface area contributed by atoms with Gasteiger partial charge in [-0.2, -0.15) is 5.26 Å². The molecule has 0 saturated heterocycles. The average Bonchev–Trinajstić information content (AvgIpc) is 2.31. The van der Waals surface area contributed by atoms with Gasteiger partial charge in [-0.1, -0.05) is 0 Å². The number of aromatic nitrogens is 2. The van der Waals surface area contributed by atoms with Crippen molar-refractivity contribution in [2.24, 2.45) is 0 Å². The van der Waals surface area contributed by atoms with Crippen molar-refractivity contribution in [3.05, 3.63) is 16.1 Å². The van der Waals surface area contributed by atoms with Crippen LogP contribution < -0.4 is 0 Å². The number of hydrogen-bond donors (Lipinski definition) is 1. The zero-order valence-corrected chi connectivity index (χ0v) is 9.38. The number of aryl methyl sites for hydroxylation is 1. The Labute approximate surface area is 85.7 Å². The number of rotatable bonds is 2. The Balaban J connectivity index is 3.06. The Morgan fingerprint density at radius 3 is 2.54 bits per heavy atom. The molecule has 1 aromatic rings. The number of H-pyrrole nitrogens is 1. The minimum Gasteiger partial charge on any atom is -0.343 e. The van der Waals surface area contributed by atoms with E-state index >= 15 is 0 Å². The summed E-state index contributed by atoms with van der Waals surface area (Å²) in [6, 6.07) is 1.91. The predicted octanol–water partition coefficient (Wildman–Crippen LogP) is 1.61. The summed E-state index contributed by atoms with van der Waals surface area (Å²) < 4.78 is 0.713. The van der Waals surface area contributed by atoms with Crippen LogP contribution in [0.25, 0.3) is 0 Å². The van der Waals surface area contributed by atoms with E-state index in [-0.39, 0.29) is 6.04 Å². The third-order valence-electron chi connectivity index (χ3n) is 1.72. The van der Waals surface area contributed by atoms with E-state index in [1.54, 1.807) is 0 Å². The first-order chi connectivity index (χ1) is 6.06. The first kappa shape index (κ1) is 10.2. The molecule has 13 heavy (non-hydrogen) atoms. The molecule has 0 aliphatic carbocycles. The Bertz CT molecular complexity index is 336. The molecule has 0 bridgehead atoms. The van der Waals surface area contributed by atoms with Crippen molar-refractivity contribution in [1.82, 2.24) is 14.9 Å². The highest BCUT2D eigenvalue weighted by molar-refractivity contribution is 9.10. The van der Waals surface area contributed by atoms with Crippen molar-refractivity contribution in [3.63, 3.8) is 0 Å². The van der Waals surface area contributed by atoms with Crippen molar-refractivity contribution in [2.45, 2.75) is 13.0 Å². The van der Waals surface area contributed by atoms with Crippen LogP contribution in [0.2, 0.25) is 0 Å². The second kappa shape index (κ2) is 3.90. The third-order valence-corrected chi connectivity index (χ3v) is 2.32. The van der Waals surface area contributed by atoms with Crippen LogP contribution in [0, 0.1) is 18.3 Å². The molecular weight excluding hydrogens is 232 g/mol. The highest BCUT2D eigenvalue weighted by atomic mass is 79.9. The van der Waals surface area contributed by atoms with Gasteiger partial charge in [-0.05, 0) is 36.9 Å². The normalized spacial score (nSPS) is 12.9. The summed E-state index contributed by atoms with van der Waals surface area (Å²) in [5.74, 6) is 0.809. The van der Waals surface area contributed by atoms with Crippen LogP contribution in [0.1, 0.15) is 17.6 Å². The van der Waals surface area contributed by atoms with Crippen LogP contribution in [0.15, 0.2) is 4.60 Å². The molecule has 0 aliphatic rings. The molecule has 1 N–H and O–H groups in total. The molecule has 0 aromatic carbocycles. The lowest BCUT2D eigenvalue weighted by molar-refractivity contribution is 0.352. The van der Waals surface area contributed by atoms with Crippen LogP contribution in [0.5, 0.6) is 0 Å². The van der Waals surface area contributed by atoms with Crippen molar-refractivity contribution in [2.75, 3.05) is 14.1 Å². The van der Waals surface area contributed by atoms with E-state index in [4.69, 9.17) is 5.26 Å². The Morgan fingerprint density at radius 1 is 1.62 bits per heavy atom. The molecule has 1 unspecified atom stereocenters. The first-order valence-corrected chi connectivity index (χ1v) is 4.63. The van der Waals surface area contributed by atoms with Crippen LogP contribution in [-0.4, -0.2) is 29.0 Å². The van der Waals surface area contributed by atoms with Gasteiger partial charge in [-0.25, -0.2) is 4.98 Å². The summed E-state index contributed by atoms with van der Waals surface area (Å²) in [5, 5.41) is 8.92. The quantitative estimate of drug-likeness (QED) is 0.858. The van der Waals surface area contributed by atoms with Crippen molar-refractivity contribution >= 4 is 15.9 Å². The van der Waals surface area contributed by atoms with Crippen LogP contribution >= 0.6 is 15.9 Å². The monoisotopic (exact) mass is 242 g/mol. The molecule has 0 fully saturated rings. The van der Waals surface area contributed by atoms with Crippen LogP contribution in [-0.2, 0) is 0 Å². The lowest BCUT2D eigenvalue weighted by Crippen LogP contribution is -2.18. The maximum absolute atomic E-state index is 8.92. The van der Waals surface area contributed by atoms with Crippen LogP contribution in [0.4, 0.5) is 0 Å². The molecule has 1 heterocycles. The first-order valence-electron chi connectivity index (χ1n) is 3.84. The lowest BCUT2D eigenvalue weighted by Gasteiger charge is -2.15. The van der Waals surface area contributed by atoms with Gasteiger partial charge in [0.1, 0.15) is 16.5 Å². The molecule has 0 spiro atoms. The maximum atomic E-state index is 8.92. The molecule has 5 heteroatoms. The Kier molecular flexibility index (Phi) is 3.07. The number of nitrogens with one attached hydrogen (secondary N) is 1. The standard InChI is InChI=1S/C8H11BrN4/c1-5-11-7(8(9)12-5)6(4-10)13(2)3/h6H,1-3H3,(H,11,12). The second-order valence-corrected chi connectivity index (χ2v) is 3.77. The fourth-order valence-electron chi connectivity index (χ4n) is 1.10. The van der Waals surface area contributed by atoms with Gasteiger partial charge >= 0.3 is 0 Å². The summed E-state index contributed by atoms with van der Waals surface area (Å²) in [4.78, 5) is 9.03. The summed E-state index contributed by atoms with van der Waals surface area (Å²) in [5.41, 5.74) is 0.810. The van der Waals surface area contributed by atoms with Crippen molar-refractivity contribution in [3.8, 4) is 6.07 Å². The fraction of sp³-hybridized carbons (Fsp3) is 0.500. The SMILES string of the molecule is Cc1nc(Br)c(C(C#N)N(C)C)[nH]1. The third kappa shape index (κ3) is 2.08. The van der Waals surface area contributed by atoms with E-state index in [0.717, 1.165) is 11.5 Å². The summed E-state index contributed by atoms with van der Waals surface area (Å²) >= 11 is 3.31. The van der Waals surface area contributed by atoms with Crippen molar-refractivity contribution in [1.29, 1.82) is 5.26 Å². The second-order valence-electron chi connectivity index (χ2n) is 3.02. The van der Waals surface area contributed by atoms with Gasteiger partial charge < -0.3 is 4.98 Å². The summed E-state index contributed by atoms with van der Waals surface area (Å²) in [6.45, 7) is 1.86. The van der Waals surface area contributed by atoms with E-state index in [9.17, 15) is 0 Å². The molecule has 1 aromatic heterocycles. The zero-order valence-electron chi connectivity index (χ0n) is 7.80. The molecule has 0 radical (unpaired) electrons. The van der Waals surface area contributed by atoms with Gasteiger partial charge in [0, 0.05) is 0 Å². The number of hydrogen-bond acceptors (Lipinski definition) is 3. The van der Waals surface area contributed by atoms with E-state index in [1.165, 1.54) is 0 Å². The van der Waals surface area contributed by atoms with Gasteiger partial charge in [0.05, 0.1) is 11.8 Å². The maximum Gasteiger partial charge on any atom is 0.141 e. The number of imidazole rings is 1. The van der Waals surface area contributed by atoms with Crippen LogP contribution in [0.3, 0.4) is 0 Å².